The van der Waals surface area contributed by atoms with E-state index >= 15 is 0 Å². The lowest BCUT2D eigenvalue weighted by atomic mass is 10.4. The van der Waals surface area contributed by atoms with E-state index in [0.29, 0.717) is 0 Å². The zero-order valence-corrected chi connectivity index (χ0v) is 21.2. The van der Waals surface area contributed by atoms with Crippen LogP contribution in [0.2, 0.25) is 0 Å². The van der Waals surface area contributed by atoms with Crippen LogP contribution in [0.1, 0.15) is 66.1 Å². The van der Waals surface area contributed by atoms with Crippen LogP contribution in [-0.2, 0) is 21.1 Å². The molecule has 3 nitrogen and oxygen atoms in total. The molecule has 0 radical (unpaired) electrons. The van der Waals surface area contributed by atoms with Gasteiger partial charge in [-0.2, -0.15) is 0 Å². The van der Waals surface area contributed by atoms with E-state index in [-0.39, 0.29) is 7.43 Å². The van der Waals surface area contributed by atoms with Crippen molar-refractivity contribution in [3.05, 3.63) is 84.2 Å². The maximum atomic E-state index is 2.08. The minimum atomic E-state index is 0. The van der Waals surface area contributed by atoms with Crippen molar-refractivity contribution < 1.29 is 9.13 Å². The fraction of sp³-hybridized carbons (Fsp3) is 0.481. The van der Waals surface area contributed by atoms with Crippen LogP contribution < -0.4 is 9.13 Å². The van der Waals surface area contributed by atoms with Crippen LogP contribution >= 0.6 is 0 Å². The summed E-state index contributed by atoms with van der Waals surface area (Å²) in [5.41, 5.74) is 3.88. The van der Waals surface area contributed by atoms with Gasteiger partial charge in [0.1, 0.15) is 14.1 Å². The van der Waals surface area contributed by atoms with Gasteiger partial charge in [-0.15, -0.1) is 0 Å². The monoisotopic (exact) mass is 417 g/mol. The Morgan fingerprint density at radius 3 is 1.10 bits per heavy atom. The third kappa shape index (κ3) is 17.7. The summed E-state index contributed by atoms with van der Waals surface area (Å²) in [6.45, 7) is 18.2. The van der Waals surface area contributed by atoms with E-state index in [2.05, 4.69) is 52.7 Å². The zero-order valence-electron chi connectivity index (χ0n) is 21.2. The minimum Gasteiger partial charge on any atom is -0.355 e. The Balaban J connectivity index is -0.000000148. The van der Waals surface area contributed by atoms with Crippen molar-refractivity contribution in [2.45, 2.75) is 69.7 Å². The number of aryl methyl sites for hydroxylation is 6. The topological polar surface area (TPSA) is 12.7 Å². The van der Waals surface area contributed by atoms with Gasteiger partial charge in [0.2, 0.25) is 0 Å². The standard InChI is InChI=1S/2C7H10N.C6H9N.3C2H6.CH4/c2*1-7-5-3-4-6-8(7)2;1-6-4-3-5-7(6)2;3*1-2;/h2*3-6H,1-2H3;3-5H,1-2H3;3*1-2H3;1H4/q2*+1;;;;;. The first-order valence-electron chi connectivity index (χ1n) is 10.8. The van der Waals surface area contributed by atoms with Gasteiger partial charge in [-0.05, 0) is 19.1 Å². The molecule has 0 aliphatic heterocycles. The molecule has 0 fully saturated rings. The van der Waals surface area contributed by atoms with Crippen LogP contribution in [0.4, 0.5) is 0 Å². The Bertz CT molecular complexity index is 613. The average Bonchev–Trinajstić information content (AvgIpc) is 3.14. The molecule has 0 aliphatic rings. The molecule has 0 bridgehead atoms. The van der Waals surface area contributed by atoms with Crippen molar-refractivity contribution in [2.75, 3.05) is 0 Å². The second-order valence-electron chi connectivity index (χ2n) is 5.67. The van der Waals surface area contributed by atoms with Gasteiger partial charge in [0.25, 0.3) is 0 Å². The predicted octanol–water partition coefficient (Wildman–Crippen LogP) is 6.69. The molecule has 3 rings (SSSR count). The first kappa shape index (κ1) is 35.0. The Kier molecular flexibility index (Phi) is 28.8. The fourth-order valence-corrected chi connectivity index (χ4v) is 1.76. The number of pyridine rings is 2. The normalized spacial score (nSPS) is 7.73. The van der Waals surface area contributed by atoms with Crippen molar-refractivity contribution in [1.82, 2.24) is 4.57 Å². The van der Waals surface area contributed by atoms with Gasteiger partial charge in [-0.25, -0.2) is 9.13 Å². The zero-order chi connectivity index (χ0) is 23.2. The molecule has 3 heteroatoms. The predicted molar refractivity (Wildman–Crippen MR) is 136 cm³/mol. The Labute approximate surface area is 189 Å². The van der Waals surface area contributed by atoms with Gasteiger partial charge < -0.3 is 4.57 Å². The van der Waals surface area contributed by atoms with Gasteiger partial charge in [0.15, 0.2) is 23.8 Å². The summed E-state index contributed by atoms with van der Waals surface area (Å²) in [6, 6.07) is 16.4. The van der Waals surface area contributed by atoms with Crippen molar-refractivity contribution in [3.8, 4) is 0 Å². The molecule has 0 unspecified atom stereocenters. The van der Waals surface area contributed by atoms with Crippen LogP contribution in [0.25, 0.3) is 0 Å². The fourth-order valence-electron chi connectivity index (χ4n) is 1.76. The summed E-state index contributed by atoms with van der Waals surface area (Å²) in [5.74, 6) is 0. The summed E-state index contributed by atoms with van der Waals surface area (Å²) in [7, 11) is 6.11. The lowest BCUT2D eigenvalue weighted by Gasteiger charge is -1.89. The van der Waals surface area contributed by atoms with Crippen LogP contribution in [0.5, 0.6) is 0 Å². The van der Waals surface area contributed by atoms with Crippen molar-refractivity contribution in [1.29, 1.82) is 0 Å². The van der Waals surface area contributed by atoms with Gasteiger partial charge >= 0.3 is 0 Å². The summed E-state index contributed by atoms with van der Waals surface area (Å²) in [6.07, 6.45) is 6.11. The molecule has 0 aromatic carbocycles. The van der Waals surface area contributed by atoms with E-state index < -0.39 is 0 Å². The molecule has 0 amide bonds. The van der Waals surface area contributed by atoms with Crippen LogP contribution in [-0.4, -0.2) is 4.57 Å². The van der Waals surface area contributed by atoms with Crippen LogP contribution in [0.3, 0.4) is 0 Å². The van der Waals surface area contributed by atoms with E-state index in [0.717, 1.165) is 0 Å². The number of hydrogen-bond acceptors (Lipinski definition) is 0. The molecule has 3 aromatic heterocycles. The molecule has 30 heavy (non-hydrogen) atoms. The van der Waals surface area contributed by atoms with Gasteiger partial charge in [-0.3, -0.25) is 0 Å². The third-order valence-electron chi connectivity index (χ3n) is 3.83. The minimum absolute atomic E-state index is 0. The number of nitrogens with zero attached hydrogens (tertiary/aromatic N) is 3. The number of hydrogen-bond donors (Lipinski definition) is 0. The van der Waals surface area contributed by atoms with Gasteiger partial charge in [0.05, 0.1) is 0 Å². The second kappa shape index (κ2) is 24.6. The molecule has 0 saturated carbocycles. The highest BCUT2D eigenvalue weighted by molar-refractivity contribution is 5.02. The molecule has 172 valence electrons. The first-order valence-corrected chi connectivity index (χ1v) is 10.8. The molecule has 0 aliphatic carbocycles. The highest BCUT2D eigenvalue weighted by Crippen LogP contribution is 1.93. The lowest BCUT2D eigenvalue weighted by Crippen LogP contribution is -2.30. The Morgan fingerprint density at radius 1 is 0.600 bits per heavy atom. The molecular formula is C27H51N3+2. The van der Waals surface area contributed by atoms with Crippen LogP contribution in [0, 0.1) is 20.8 Å². The van der Waals surface area contributed by atoms with Crippen molar-refractivity contribution in [3.63, 3.8) is 0 Å². The molecule has 3 heterocycles. The highest BCUT2D eigenvalue weighted by atomic mass is 14.9. The van der Waals surface area contributed by atoms with E-state index in [1.807, 2.05) is 112 Å². The third-order valence-corrected chi connectivity index (χ3v) is 3.83. The smallest absolute Gasteiger partial charge is 0.177 e. The van der Waals surface area contributed by atoms with E-state index in [1.165, 1.54) is 17.1 Å². The van der Waals surface area contributed by atoms with E-state index in [4.69, 9.17) is 0 Å². The molecule has 0 N–H and O–H groups in total. The average molecular weight is 418 g/mol. The second-order valence-corrected chi connectivity index (χ2v) is 5.67. The van der Waals surface area contributed by atoms with E-state index in [9.17, 15) is 0 Å². The molecule has 0 saturated heterocycles. The summed E-state index contributed by atoms with van der Waals surface area (Å²) in [4.78, 5) is 0. The molecular weight excluding hydrogens is 366 g/mol. The quantitative estimate of drug-likeness (QED) is 0.361. The number of aromatic nitrogens is 3. The Hall–Kier alpha value is -2.42. The van der Waals surface area contributed by atoms with Crippen molar-refractivity contribution >= 4 is 0 Å². The van der Waals surface area contributed by atoms with Crippen molar-refractivity contribution in [2.24, 2.45) is 21.1 Å². The number of rotatable bonds is 0. The molecule has 0 spiro atoms. The van der Waals surface area contributed by atoms with E-state index in [1.54, 1.807) is 0 Å². The van der Waals surface area contributed by atoms with Gasteiger partial charge in [0, 0.05) is 57.1 Å². The van der Waals surface area contributed by atoms with Gasteiger partial charge in [-0.1, -0.05) is 61.1 Å². The first-order chi connectivity index (χ1) is 13.9. The molecule has 3 aromatic rings. The lowest BCUT2D eigenvalue weighted by molar-refractivity contribution is -0.677. The largest absolute Gasteiger partial charge is 0.355 e. The van der Waals surface area contributed by atoms with Crippen LogP contribution in [0.15, 0.2) is 67.1 Å². The molecule has 0 atom stereocenters. The maximum absolute atomic E-state index is 2.08. The maximum Gasteiger partial charge on any atom is 0.177 e. The summed E-state index contributed by atoms with van der Waals surface area (Å²) in [5, 5.41) is 0. The Morgan fingerprint density at radius 2 is 0.967 bits per heavy atom. The summed E-state index contributed by atoms with van der Waals surface area (Å²) >= 11 is 0. The summed E-state index contributed by atoms with van der Waals surface area (Å²) < 4.78 is 6.25. The highest BCUT2D eigenvalue weighted by Gasteiger charge is 1.92. The SMILES string of the molecule is C.CC.CC.CC.Cc1cccc[n+]1C.Cc1cccc[n+]1C.Cc1cccn1C.